The first-order valence-corrected chi connectivity index (χ1v) is 9.20. The van der Waals surface area contributed by atoms with Crippen molar-refractivity contribution in [3.8, 4) is 5.75 Å². The maximum absolute atomic E-state index is 11.1. The van der Waals surface area contributed by atoms with Crippen LogP contribution in [0.15, 0.2) is 42.6 Å². The third-order valence-corrected chi connectivity index (χ3v) is 5.48. The molecule has 5 heteroatoms. The standard InChI is InChI=1S/C22H24N2O3/c1-13-10-14(2)21(17-8-9-23-20(13)17)27-19-12-24(3)11-18(19)15-4-6-16(7-5-15)22(25)26/h4-10,18-19,23H,11-12H2,1-3H3,(H,25,26)/t18-,19+/m0/s1. The zero-order chi connectivity index (χ0) is 19.1. The second-order valence-electron chi connectivity index (χ2n) is 7.52. The lowest BCUT2D eigenvalue weighted by atomic mass is 9.95. The second-order valence-corrected chi connectivity index (χ2v) is 7.52. The minimum absolute atomic E-state index is 0.0187. The van der Waals surface area contributed by atoms with Crippen molar-refractivity contribution in [3.05, 3.63) is 64.8 Å². The van der Waals surface area contributed by atoms with Crippen LogP contribution in [-0.2, 0) is 0 Å². The van der Waals surface area contributed by atoms with Crippen LogP contribution in [0.25, 0.3) is 10.9 Å². The monoisotopic (exact) mass is 364 g/mol. The average Bonchev–Trinajstić information content (AvgIpc) is 3.25. The van der Waals surface area contributed by atoms with E-state index in [1.54, 1.807) is 12.1 Å². The van der Waals surface area contributed by atoms with Gasteiger partial charge in [-0.1, -0.05) is 18.2 Å². The Morgan fingerprint density at radius 3 is 2.59 bits per heavy atom. The highest BCUT2D eigenvalue weighted by Crippen LogP contribution is 2.36. The molecule has 0 amide bonds. The molecule has 0 unspecified atom stereocenters. The Labute approximate surface area is 158 Å². The first-order valence-electron chi connectivity index (χ1n) is 9.20. The number of carboxylic acids is 1. The molecule has 1 aromatic heterocycles. The van der Waals surface area contributed by atoms with Gasteiger partial charge in [-0.25, -0.2) is 4.79 Å². The van der Waals surface area contributed by atoms with Crippen molar-refractivity contribution in [1.29, 1.82) is 0 Å². The predicted molar refractivity (Wildman–Crippen MR) is 106 cm³/mol. The van der Waals surface area contributed by atoms with E-state index in [0.29, 0.717) is 5.56 Å². The highest BCUT2D eigenvalue weighted by atomic mass is 16.5. The SMILES string of the molecule is Cc1cc(C)c2[nH]ccc2c1O[C@@H]1CN(C)C[C@H]1c1ccc(C(=O)O)cc1. The fourth-order valence-electron chi connectivity index (χ4n) is 4.14. The molecule has 2 N–H and O–H groups in total. The summed E-state index contributed by atoms with van der Waals surface area (Å²) in [5.41, 5.74) is 4.89. The first kappa shape index (κ1) is 17.6. The lowest BCUT2D eigenvalue weighted by Gasteiger charge is -2.23. The molecule has 0 spiro atoms. The minimum Gasteiger partial charge on any atom is -0.487 e. The summed E-state index contributed by atoms with van der Waals surface area (Å²) >= 11 is 0. The Kier molecular flexibility index (Phi) is 4.40. The van der Waals surface area contributed by atoms with Gasteiger partial charge in [-0.15, -0.1) is 0 Å². The highest BCUT2D eigenvalue weighted by molar-refractivity contribution is 5.90. The van der Waals surface area contributed by atoms with E-state index >= 15 is 0 Å². The number of nitrogens with one attached hydrogen (secondary N) is 1. The molecule has 4 rings (SSSR count). The Balaban J connectivity index is 1.66. The van der Waals surface area contributed by atoms with Crippen LogP contribution in [0.4, 0.5) is 0 Å². The van der Waals surface area contributed by atoms with Gasteiger partial charge in [-0.3, -0.25) is 0 Å². The van der Waals surface area contributed by atoms with E-state index in [1.165, 1.54) is 5.56 Å². The third kappa shape index (κ3) is 3.19. The smallest absolute Gasteiger partial charge is 0.335 e. The normalized spacial score (nSPS) is 20.3. The highest BCUT2D eigenvalue weighted by Gasteiger charge is 2.34. The number of aromatic nitrogens is 1. The quantitative estimate of drug-likeness (QED) is 0.735. The van der Waals surface area contributed by atoms with Gasteiger partial charge in [0.05, 0.1) is 11.1 Å². The molecule has 1 saturated heterocycles. The fourth-order valence-corrected chi connectivity index (χ4v) is 4.14. The van der Waals surface area contributed by atoms with E-state index < -0.39 is 5.97 Å². The number of rotatable bonds is 4. The van der Waals surface area contributed by atoms with Crippen LogP contribution in [0.3, 0.4) is 0 Å². The van der Waals surface area contributed by atoms with Gasteiger partial charge >= 0.3 is 5.97 Å². The number of hydrogen-bond acceptors (Lipinski definition) is 3. The number of nitrogens with zero attached hydrogens (tertiary/aromatic N) is 1. The van der Waals surface area contributed by atoms with E-state index in [-0.39, 0.29) is 12.0 Å². The van der Waals surface area contributed by atoms with Gasteiger partial charge in [0.15, 0.2) is 0 Å². The molecule has 0 aliphatic carbocycles. The molecule has 3 aromatic rings. The number of aromatic carboxylic acids is 1. The van der Waals surface area contributed by atoms with Crippen molar-refractivity contribution in [2.75, 3.05) is 20.1 Å². The van der Waals surface area contributed by atoms with Gasteiger partial charge < -0.3 is 19.7 Å². The Bertz CT molecular complexity index is 991. The molecule has 1 aliphatic rings. The summed E-state index contributed by atoms with van der Waals surface area (Å²) < 4.78 is 6.57. The molecule has 1 fully saturated rings. The summed E-state index contributed by atoms with van der Waals surface area (Å²) in [6, 6.07) is 11.4. The van der Waals surface area contributed by atoms with Crippen molar-refractivity contribution < 1.29 is 14.6 Å². The van der Waals surface area contributed by atoms with E-state index in [2.05, 4.69) is 42.9 Å². The van der Waals surface area contributed by atoms with Crippen LogP contribution in [0.5, 0.6) is 5.75 Å². The molecule has 2 heterocycles. The molecule has 27 heavy (non-hydrogen) atoms. The number of aryl methyl sites for hydroxylation is 2. The number of fused-ring (bicyclic) bond motifs is 1. The van der Waals surface area contributed by atoms with Crippen molar-refractivity contribution >= 4 is 16.9 Å². The Morgan fingerprint density at radius 1 is 1.15 bits per heavy atom. The first-order chi connectivity index (χ1) is 12.9. The molecular weight excluding hydrogens is 340 g/mol. The summed E-state index contributed by atoms with van der Waals surface area (Å²) in [6.07, 6.45) is 1.97. The van der Waals surface area contributed by atoms with Gasteiger partial charge in [0.25, 0.3) is 0 Å². The van der Waals surface area contributed by atoms with Gasteiger partial charge in [0.2, 0.25) is 0 Å². The van der Waals surface area contributed by atoms with Crippen LogP contribution < -0.4 is 4.74 Å². The number of carbonyl (C=O) groups is 1. The van der Waals surface area contributed by atoms with E-state index in [0.717, 1.165) is 40.9 Å². The molecule has 5 nitrogen and oxygen atoms in total. The number of likely N-dealkylation sites (tertiary alicyclic amines) is 1. The molecule has 140 valence electrons. The number of hydrogen-bond donors (Lipinski definition) is 2. The van der Waals surface area contributed by atoms with E-state index in [9.17, 15) is 4.79 Å². The Hall–Kier alpha value is -2.79. The summed E-state index contributed by atoms with van der Waals surface area (Å²) in [5, 5.41) is 10.2. The summed E-state index contributed by atoms with van der Waals surface area (Å²) in [4.78, 5) is 16.7. The summed E-state index contributed by atoms with van der Waals surface area (Å²) in [7, 11) is 2.09. The number of aromatic amines is 1. The lowest BCUT2D eigenvalue weighted by Crippen LogP contribution is -2.25. The average molecular weight is 364 g/mol. The van der Waals surface area contributed by atoms with Gasteiger partial charge in [-0.2, -0.15) is 0 Å². The fraction of sp³-hybridized carbons (Fsp3) is 0.318. The van der Waals surface area contributed by atoms with Crippen LogP contribution in [0.1, 0.15) is 33.0 Å². The molecule has 0 radical (unpaired) electrons. The minimum atomic E-state index is -0.900. The van der Waals surface area contributed by atoms with Gasteiger partial charge in [0, 0.05) is 30.6 Å². The summed E-state index contributed by atoms with van der Waals surface area (Å²) in [5.74, 6) is 0.236. The maximum atomic E-state index is 11.1. The van der Waals surface area contributed by atoms with Crippen molar-refractivity contribution in [2.24, 2.45) is 0 Å². The van der Waals surface area contributed by atoms with Crippen LogP contribution in [0, 0.1) is 13.8 Å². The van der Waals surface area contributed by atoms with Crippen molar-refractivity contribution in [2.45, 2.75) is 25.9 Å². The lowest BCUT2D eigenvalue weighted by molar-refractivity contribution is 0.0697. The third-order valence-electron chi connectivity index (χ3n) is 5.48. The van der Waals surface area contributed by atoms with Crippen LogP contribution in [-0.4, -0.2) is 47.2 Å². The topological polar surface area (TPSA) is 65.6 Å². The van der Waals surface area contributed by atoms with Crippen molar-refractivity contribution in [3.63, 3.8) is 0 Å². The van der Waals surface area contributed by atoms with E-state index in [1.807, 2.05) is 18.3 Å². The maximum Gasteiger partial charge on any atom is 0.335 e. The largest absolute Gasteiger partial charge is 0.487 e. The Morgan fingerprint density at radius 2 is 1.89 bits per heavy atom. The molecule has 0 saturated carbocycles. The zero-order valence-electron chi connectivity index (χ0n) is 15.8. The van der Waals surface area contributed by atoms with Gasteiger partial charge in [-0.05, 0) is 55.8 Å². The molecule has 2 atom stereocenters. The second kappa shape index (κ2) is 6.74. The van der Waals surface area contributed by atoms with Gasteiger partial charge in [0.1, 0.15) is 11.9 Å². The van der Waals surface area contributed by atoms with Crippen molar-refractivity contribution in [1.82, 2.24) is 9.88 Å². The van der Waals surface area contributed by atoms with Crippen LogP contribution in [0.2, 0.25) is 0 Å². The number of ether oxygens (including phenoxy) is 1. The number of benzene rings is 2. The molecule has 0 bridgehead atoms. The summed E-state index contributed by atoms with van der Waals surface area (Å²) in [6.45, 7) is 5.92. The number of carboxylic acid groups (broad SMARTS) is 1. The molecule has 2 aromatic carbocycles. The number of H-pyrrole nitrogens is 1. The molecular formula is C22H24N2O3. The zero-order valence-corrected chi connectivity index (χ0v) is 15.8. The predicted octanol–water partition coefficient (Wildman–Crippen LogP) is 3.96. The number of likely N-dealkylation sites (N-methyl/N-ethyl adjacent to an activating group) is 1. The van der Waals surface area contributed by atoms with E-state index in [4.69, 9.17) is 9.84 Å². The molecule has 1 aliphatic heterocycles. The van der Waals surface area contributed by atoms with Crippen LogP contribution >= 0.6 is 0 Å².